The summed E-state index contributed by atoms with van der Waals surface area (Å²) in [6.07, 6.45) is 0.150. The molecule has 0 saturated carbocycles. The maximum absolute atomic E-state index is 12.5. The van der Waals surface area contributed by atoms with Gasteiger partial charge in [0.25, 0.3) is 5.91 Å². The van der Waals surface area contributed by atoms with Gasteiger partial charge in [0.1, 0.15) is 0 Å². The number of piperazine rings is 1. The Labute approximate surface area is 132 Å². The van der Waals surface area contributed by atoms with Crippen molar-refractivity contribution in [3.05, 3.63) is 33.8 Å². The van der Waals surface area contributed by atoms with E-state index in [2.05, 4.69) is 20.8 Å². The number of carboxylic acid groups (broad SMARTS) is 1. The number of hydrogen-bond donors (Lipinski definition) is 1. The summed E-state index contributed by atoms with van der Waals surface area (Å²) in [6, 6.07) is 5.68. The lowest BCUT2D eigenvalue weighted by molar-refractivity contribution is -0.137. The first-order valence-corrected chi connectivity index (χ1v) is 7.77. The molecule has 0 aromatic heterocycles. The van der Waals surface area contributed by atoms with Crippen molar-refractivity contribution in [3.8, 4) is 0 Å². The minimum atomic E-state index is -0.780. The quantitative estimate of drug-likeness (QED) is 0.898. The predicted octanol–water partition coefficient (Wildman–Crippen LogP) is 1.99. The van der Waals surface area contributed by atoms with Gasteiger partial charge in [0, 0.05) is 37.2 Å². The van der Waals surface area contributed by atoms with Crippen LogP contribution < -0.4 is 0 Å². The standard InChI is InChI=1S/C15H19BrN2O3/c1-11-3-2-4-12(14(11)16)15(21)18-9-7-17(8-10-18)6-5-13(19)20/h2-4H,5-10H2,1H3,(H,19,20). The van der Waals surface area contributed by atoms with Crippen LogP contribution in [0.2, 0.25) is 0 Å². The first kappa shape index (κ1) is 16.0. The van der Waals surface area contributed by atoms with Crippen LogP contribution in [0, 0.1) is 6.92 Å². The lowest BCUT2D eigenvalue weighted by Crippen LogP contribution is -2.49. The Kier molecular flexibility index (Phi) is 5.36. The van der Waals surface area contributed by atoms with E-state index in [1.807, 2.05) is 30.0 Å². The highest BCUT2D eigenvalue weighted by Gasteiger charge is 2.23. The van der Waals surface area contributed by atoms with Gasteiger partial charge in [-0.05, 0) is 34.5 Å². The molecule has 5 nitrogen and oxygen atoms in total. The Balaban J connectivity index is 1.94. The molecule has 2 rings (SSSR count). The summed E-state index contributed by atoms with van der Waals surface area (Å²) in [6.45, 7) is 5.23. The zero-order valence-corrected chi connectivity index (χ0v) is 13.6. The van der Waals surface area contributed by atoms with Crippen LogP contribution in [0.25, 0.3) is 0 Å². The Morgan fingerprint density at radius 2 is 1.90 bits per heavy atom. The summed E-state index contributed by atoms with van der Waals surface area (Å²) in [5, 5.41) is 8.69. The van der Waals surface area contributed by atoms with Gasteiger partial charge >= 0.3 is 5.97 Å². The Morgan fingerprint density at radius 1 is 1.24 bits per heavy atom. The van der Waals surface area contributed by atoms with E-state index in [0.29, 0.717) is 25.2 Å². The lowest BCUT2D eigenvalue weighted by Gasteiger charge is -2.34. The lowest BCUT2D eigenvalue weighted by atomic mass is 10.1. The molecule has 0 unspecified atom stereocenters. The molecule has 0 bridgehead atoms. The highest BCUT2D eigenvalue weighted by atomic mass is 79.9. The normalized spacial score (nSPS) is 16.0. The van der Waals surface area contributed by atoms with Crippen molar-refractivity contribution < 1.29 is 14.7 Å². The molecule has 1 amide bonds. The molecular formula is C15H19BrN2O3. The predicted molar refractivity (Wildman–Crippen MR) is 83.5 cm³/mol. The zero-order chi connectivity index (χ0) is 15.4. The molecule has 1 aromatic rings. The molecule has 0 aliphatic carbocycles. The molecule has 1 fully saturated rings. The number of rotatable bonds is 4. The third-order valence-corrected chi connectivity index (χ3v) is 4.78. The molecule has 114 valence electrons. The molecule has 0 radical (unpaired) electrons. The van der Waals surface area contributed by atoms with Crippen LogP contribution in [-0.4, -0.2) is 59.5 Å². The van der Waals surface area contributed by atoms with Gasteiger partial charge in [0.15, 0.2) is 0 Å². The van der Waals surface area contributed by atoms with Crippen LogP contribution >= 0.6 is 15.9 Å². The van der Waals surface area contributed by atoms with E-state index in [9.17, 15) is 9.59 Å². The second-order valence-electron chi connectivity index (χ2n) is 5.21. The number of amides is 1. The second kappa shape index (κ2) is 7.04. The molecule has 1 aliphatic rings. The van der Waals surface area contributed by atoms with Gasteiger partial charge in [-0.1, -0.05) is 12.1 Å². The van der Waals surface area contributed by atoms with Gasteiger partial charge in [0.2, 0.25) is 0 Å². The van der Waals surface area contributed by atoms with Crippen molar-refractivity contribution in [3.63, 3.8) is 0 Å². The van der Waals surface area contributed by atoms with Crippen LogP contribution in [0.3, 0.4) is 0 Å². The number of carboxylic acids is 1. The van der Waals surface area contributed by atoms with E-state index in [4.69, 9.17) is 5.11 Å². The fourth-order valence-corrected chi connectivity index (χ4v) is 2.85. The van der Waals surface area contributed by atoms with E-state index in [0.717, 1.165) is 23.1 Å². The molecular weight excluding hydrogens is 336 g/mol. The van der Waals surface area contributed by atoms with Gasteiger partial charge < -0.3 is 10.0 Å². The Morgan fingerprint density at radius 3 is 2.52 bits per heavy atom. The molecule has 6 heteroatoms. The van der Waals surface area contributed by atoms with Crippen molar-refractivity contribution in [1.29, 1.82) is 0 Å². The maximum Gasteiger partial charge on any atom is 0.304 e. The van der Waals surface area contributed by atoms with Crippen molar-refractivity contribution >= 4 is 27.8 Å². The van der Waals surface area contributed by atoms with Gasteiger partial charge in [-0.25, -0.2) is 0 Å². The topological polar surface area (TPSA) is 60.9 Å². The van der Waals surface area contributed by atoms with E-state index in [1.165, 1.54) is 0 Å². The minimum Gasteiger partial charge on any atom is -0.481 e. The zero-order valence-electron chi connectivity index (χ0n) is 12.0. The van der Waals surface area contributed by atoms with Crippen LogP contribution in [0.4, 0.5) is 0 Å². The third kappa shape index (κ3) is 4.04. The van der Waals surface area contributed by atoms with E-state index in [-0.39, 0.29) is 12.3 Å². The number of benzene rings is 1. The average molecular weight is 355 g/mol. The molecule has 1 heterocycles. The molecule has 21 heavy (non-hydrogen) atoms. The summed E-state index contributed by atoms with van der Waals surface area (Å²) in [7, 11) is 0. The first-order valence-electron chi connectivity index (χ1n) is 6.97. The van der Waals surface area contributed by atoms with Gasteiger partial charge in [-0.3, -0.25) is 14.5 Å². The maximum atomic E-state index is 12.5. The molecule has 1 aromatic carbocycles. The number of aryl methyl sites for hydroxylation is 1. The molecule has 1 aliphatic heterocycles. The summed E-state index contributed by atoms with van der Waals surface area (Å²) in [5.74, 6) is -0.749. The monoisotopic (exact) mass is 354 g/mol. The average Bonchev–Trinajstić information content (AvgIpc) is 2.48. The summed E-state index contributed by atoms with van der Waals surface area (Å²) < 4.78 is 0.850. The SMILES string of the molecule is Cc1cccc(C(=O)N2CCN(CCC(=O)O)CC2)c1Br. The summed E-state index contributed by atoms with van der Waals surface area (Å²) in [4.78, 5) is 27.0. The van der Waals surface area contributed by atoms with Gasteiger partial charge in [-0.2, -0.15) is 0 Å². The highest BCUT2D eigenvalue weighted by molar-refractivity contribution is 9.10. The second-order valence-corrected chi connectivity index (χ2v) is 6.01. The van der Waals surface area contributed by atoms with Crippen molar-refractivity contribution in [1.82, 2.24) is 9.80 Å². The molecule has 1 saturated heterocycles. The summed E-state index contributed by atoms with van der Waals surface area (Å²) >= 11 is 3.48. The molecule has 0 spiro atoms. The van der Waals surface area contributed by atoms with Crippen LogP contribution in [0.1, 0.15) is 22.3 Å². The number of aliphatic carboxylic acids is 1. The summed E-state index contributed by atoms with van der Waals surface area (Å²) in [5.41, 5.74) is 1.73. The third-order valence-electron chi connectivity index (χ3n) is 3.72. The van der Waals surface area contributed by atoms with E-state index >= 15 is 0 Å². The Hall–Kier alpha value is -1.40. The number of carbonyl (C=O) groups excluding carboxylic acids is 1. The number of hydrogen-bond acceptors (Lipinski definition) is 3. The fourth-order valence-electron chi connectivity index (χ4n) is 2.41. The van der Waals surface area contributed by atoms with Crippen LogP contribution in [0.5, 0.6) is 0 Å². The number of carbonyl (C=O) groups is 2. The van der Waals surface area contributed by atoms with Crippen molar-refractivity contribution in [2.24, 2.45) is 0 Å². The van der Waals surface area contributed by atoms with E-state index < -0.39 is 5.97 Å². The molecule has 0 atom stereocenters. The number of halogens is 1. The first-order chi connectivity index (χ1) is 9.99. The fraction of sp³-hybridized carbons (Fsp3) is 0.467. The smallest absolute Gasteiger partial charge is 0.304 e. The largest absolute Gasteiger partial charge is 0.481 e. The number of nitrogens with zero attached hydrogens (tertiary/aromatic N) is 2. The van der Waals surface area contributed by atoms with Crippen molar-refractivity contribution in [2.45, 2.75) is 13.3 Å². The van der Waals surface area contributed by atoms with Crippen LogP contribution in [0.15, 0.2) is 22.7 Å². The van der Waals surface area contributed by atoms with Crippen LogP contribution in [-0.2, 0) is 4.79 Å². The molecule has 1 N–H and O–H groups in total. The Bertz CT molecular complexity index is 540. The van der Waals surface area contributed by atoms with Crippen molar-refractivity contribution in [2.75, 3.05) is 32.7 Å². The highest BCUT2D eigenvalue weighted by Crippen LogP contribution is 2.23. The van der Waals surface area contributed by atoms with Gasteiger partial charge in [0.05, 0.1) is 12.0 Å². The van der Waals surface area contributed by atoms with Gasteiger partial charge in [-0.15, -0.1) is 0 Å². The minimum absolute atomic E-state index is 0.0310. The van der Waals surface area contributed by atoms with E-state index in [1.54, 1.807) is 0 Å².